The molecule has 3 rings (SSSR count). The van der Waals surface area contributed by atoms with Crippen LogP contribution >= 0.6 is 0 Å². The number of piperazine rings is 1. The number of nitrogens with zero attached hydrogens (tertiary/aromatic N) is 4. The lowest BCUT2D eigenvalue weighted by Gasteiger charge is -2.36. The molecule has 0 amide bonds. The van der Waals surface area contributed by atoms with Gasteiger partial charge in [0.2, 0.25) is 0 Å². The van der Waals surface area contributed by atoms with E-state index in [0.29, 0.717) is 0 Å². The van der Waals surface area contributed by atoms with Crippen LogP contribution < -0.4 is 9.80 Å². The van der Waals surface area contributed by atoms with Crippen molar-refractivity contribution < 1.29 is 5.11 Å². The predicted octanol–water partition coefficient (Wildman–Crippen LogP) is 1.30. The summed E-state index contributed by atoms with van der Waals surface area (Å²) in [5, 5.41) is 9.15. The number of aliphatic hydroxyl groups is 1. The van der Waals surface area contributed by atoms with Crippen molar-refractivity contribution in [1.29, 1.82) is 0 Å². The maximum absolute atomic E-state index is 9.15. The molecule has 1 fully saturated rings. The zero-order valence-electron chi connectivity index (χ0n) is 11.3. The van der Waals surface area contributed by atoms with Crippen molar-refractivity contribution in [3.05, 3.63) is 48.4 Å². The third-order valence-corrected chi connectivity index (χ3v) is 3.58. The summed E-state index contributed by atoms with van der Waals surface area (Å²) < 4.78 is 0. The Labute approximate surface area is 118 Å². The van der Waals surface area contributed by atoms with Crippen LogP contribution in [-0.4, -0.2) is 41.3 Å². The molecule has 1 N–H and O–H groups in total. The number of anilines is 2. The summed E-state index contributed by atoms with van der Waals surface area (Å²) in [7, 11) is 0. The Morgan fingerprint density at radius 2 is 1.75 bits per heavy atom. The van der Waals surface area contributed by atoms with Gasteiger partial charge in [0.05, 0.1) is 12.3 Å². The van der Waals surface area contributed by atoms with Crippen LogP contribution in [0.15, 0.2) is 42.7 Å². The standard InChI is InChI=1S/C15H18N4O/c20-12-13-11-14(4-6-16-13)18-7-9-19(10-8-18)15-3-1-2-5-17-15/h1-6,11,20H,7-10,12H2. The van der Waals surface area contributed by atoms with E-state index in [4.69, 9.17) is 5.11 Å². The predicted molar refractivity (Wildman–Crippen MR) is 78.8 cm³/mol. The molecule has 104 valence electrons. The van der Waals surface area contributed by atoms with E-state index in [1.807, 2.05) is 36.5 Å². The van der Waals surface area contributed by atoms with Crippen LogP contribution in [0.2, 0.25) is 0 Å². The normalized spacial score (nSPS) is 15.4. The van der Waals surface area contributed by atoms with E-state index in [1.54, 1.807) is 6.20 Å². The molecule has 2 aromatic heterocycles. The summed E-state index contributed by atoms with van der Waals surface area (Å²) >= 11 is 0. The number of pyridine rings is 2. The minimum atomic E-state index is -0.0122. The Morgan fingerprint density at radius 1 is 0.950 bits per heavy atom. The Morgan fingerprint density at radius 3 is 2.45 bits per heavy atom. The first-order chi connectivity index (χ1) is 9.86. The molecule has 0 atom stereocenters. The van der Waals surface area contributed by atoms with Crippen molar-refractivity contribution in [2.45, 2.75) is 6.61 Å². The highest BCUT2D eigenvalue weighted by molar-refractivity contribution is 5.49. The van der Waals surface area contributed by atoms with Crippen LogP contribution in [0, 0.1) is 0 Å². The van der Waals surface area contributed by atoms with Gasteiger partial charge in [-0.2, -0.15) is 0 Å². The molecule has 2 aromatic rings. The largest absolute Gasteiger partial charge is 0.390 e. The van der Waals surface area contributed by atoms with Crippen LogP contribution in [-0.2, 0) is 6.61 Å². The van der Waals surface area contributed by atoms with E-state index in [2.05, 4.69) is 19.8 Å². The molecule has 0 unspecified atom stereocenters. The average Bonchev–Trinajstić information content (AvgIpc) is 2.56. The molecular weight excluding hydrogens is 252 g/mol. The Balaban J connectivity index is 1.66. The van der Waals surface area contributed by atoms with Gasteiger partial charge in [0.25, 0.3) is 0 Å². The highest BCUT2D eigenvalue weighted by atomic mass is 16.3. The van der Waals surface area contributed by atoms with E-state index < -0.39 is 0 Å². The summed E-state index contributed by atoms with van der Waals surface area (Å²) in [4.78, 5) is 13.1. The molecule has 5 nitrogen and oxygen atoms in total. The van der Waals surface area contributed by atoms with Crippen molar-refractivity contribution in [3.8, 4) is 0 Å². The molecule has 0 aromatic carbocycles. The second-order valence-corrected chi connectivity index (χ2v) is 4.83. The smallest absolute Gasteiger partial charge is 0.128 e. The van der Waals surface area contributed by atoms with Crippen LogP contribution in [0.25, 0.3) is 0 Å². The summed E-state index contributed by atoms with van der Waals surface area (Å²) in [6, 6.07) is 9.95. The molecule has 1 saturated heterocycles. The van der Waals surface area contributed by atoms with Crippen LogP contribution in [0.3, 0.4) is 0 Å². The molecule has 1 aliphatic rings. The lowest BCUT2D eigenvalue weighted by atomic mass is 10.2. The van der Waals surface area contributed by atoms with Gasteiger partial charge in [-0.3, -0.25) is 4.98 Å². The highest BCUT2D eigenvalue weighted by Gasteiger charge is 2.18. The summed E-state index contributed by atoms with van der Waals surface area (Å²) in [5.41, 5.74) is 1.85. The van der Waals surface area contributed by atoms with E-state index in [-0.39, 0.29) is 6.61 Å². The minimum absolute atomic E-state index is 0.0122. The molecular formula is C15H18N4O. The van der Waals surface area contributed by atoms with Gasteiger partial charge >= 0.3 is 0 Å². The molecule has 0 spiro atoms. The second kappa shape index (κ2) is 5.88. The van der Waals surface area contributed by atoms with Gasteiger partial charge in [0.15, 0.2) is 0 Å². The molecule has 5 heteroatoms. The average molecular weight is 270 g/mol. The maximum Gasteiger partial charge on any atom is 0.128 e. The van der Waals surface area contributed by atoms with Gasteiger partial charge in [-0.1, -0.05) is 6.07 Å². The van der Waals surface area contributed by atoms with Gasteiger partial charge in [0, 0.05) is 44.3 Å². The third kappa shape index (κ3) is 2.72. The van der Waals surface area contributed by atoms with Crippen molar-refractivity contribution in [3.63, 3.8) is 0 Å². The molecule has 0 radical (unpaired) electrons. The van der Waals surface area contributed by atoms with Crippen LogP contribution in [0.5, 0.6) is 0 Å². The third-order valence-electron chi connectivity index (χ3n) is 3.58. The summed E-state index contributed by atoms with van der Waals surface area (Å²) in [6.07, 6.45) is 3.59. The van der Waals surface area contributed by atoms with Crippen LogP contribution in [0.4, 0.5) is 11.5 Å². The van der Waals surface area contributed by atoms with Crippen LogP contribution in [0.1, 0.15) is 5.69 Å². The second-order valence-electron chi connectivity index (χ2n) is 4.83. The first kappa shape index (κ1) is 12.9. The zero-order chi connectivity index (χ0) is 13.8. The van der Waals surface area contributed by atoms with Gasteiger partial charge < -0.3 is 14.9 Å². The van der Waals surface area contributed by atoms with Crippen molar-refractivity contribution in [2.24, 2.45) is 0 Å². The monoisotopic (exact) mass is 270 g/mol. The Hall–Kier alpha value is -2.14. The van der Waals surface area contributed by atoms with Gasteiger partial charge in [-0.05, 0) is 24.3 Å². The number of rotatable bonds is 3. The number of aliphatic hydroxyl groups excluding tert-OH is 1. The fourth-order valence-electron chi connectivity index (χ4n) is 2.48. The lowest BCUT2D eigenvalue weighted by molar-refractivity contribution is 0.277. The van der Waals surface area contributed by atoms with E-state index in [0.717, 1.165) is 43.4 Å². The van der Waals surface area contributed by atoms with E-state index >= 15 is 0 Å². The SMILES string of the molecule is OCc1cc(N2CCN(c3ccccn3)CC2)ccn1. The minimum Gasteiger partial charge on any atom is -0.390 e. The Bertz CT molecular complexity index is 553. The quantitative estimate of drug-likeness (QED) is 0.911. The number of aromatic nitrogens is 2. The molecule has 0 saturated carbocycles. The van der Waals surface area contributed by atoms with E-state index in [9.17, 15) is 0 Å². The van der Waals surface area contributed by atoms with Gasteiger partial charge in [0.1, 0.15) is 5.82 Å². The highest BCUT2D eigenvalue weighted by Crippen LogP contribution is 2.19. The van der Waals surface area contributed by atoms with Crippen molar-refractivity contribution in [2.75, 3.05) is 36.0 Å². The molecule has 3 heterocycles. The fraction of sp³-hybridized carbons (Fsp3) is 0.333. The number of hydrogen-bond donors (Lipinski definition) is 1. The van der Waals surface area contributed by atoms with Gasteiger partial charge in [-0.15, -0.1) is 0 Å². The first-order valence-corrected chi connectivity index (χ1v) is 6.83. The zero-order valence-corrected chi connectivity index (χ0v) is 11.3. The topological polar surface area (TPSA) is 52.5 Å². The lowest BCUT2D eigenvalue weighted by Crippen LogP contribution is -2.46. The molecule has 1 aliphatic heterocycles. The van der Waals surface area contributed by atoms with E-state index in [1.165, 1.54) is 0 Å². The molecule has 0 aliphatic carbocycles. The van der Waals surface area contributed by atoms with Crippen molar-refractivity contribution >= 4 is 11.5 Å². The first-order valence-electron chi connectivity index (χ1n) is 6.83. The summed E-state index contributed by atoms with van der Waals surface area (Å²) in [6.45, 7) is 3.79. The fourth-order valence-corrected chi connectivity index (χ4v) is 2.48. The Kier molecular flexibility index (Phi) is 3.78. The molecule has 0 bridgehead atoms. The van der Waals surface area contributed by atoms with Crippen molar-refractivity contribution in [1.82, 2.24) is 9.97 Å². The summed E-state index contributed by atoms with van der Waals surface area (Å²) in [5.74, 6) is 1.04. The molecule has 20 heavy (non-hydrogen) atoms. The number of hydrogen-bond acceptors (Lipinski definition) is 5. The maximum atomic E-state index is 9.15. The van der Waals surface area contributed by atoms with Gasteiger partial charge in [-0.25, -0.2) is 4.98 Å².